The van der Waals surface area contributed by atoms with Gasteiger partial charge >= 0.3 is 6.09 Å². The van der Waals surface area contributed by atoms with E-state index in [-0.39, 0.29) is 30.1 Å². The minimum absolute atomic E-state index is 0.0601. The Labute approximate surface area is 214 Å². The Kier molecular flexibility index (Phi) is 7.47. The maximum atomic E-state index is 12.8. The molecule has 190 valence electrons. The Bertz CT molecular complexity index is 1350. The van der Waals surface area contributed by atoms with Gasteiger partial charge in [-0.3, -0.25) is 4.18 Å². The molecule has 1 aromatic heterocycles. The number of amides is 1. The average Bonchev–Trinajstić information content (AvgIpc) is 3.37. The number of hydrogen-bond acceptors (Lipinski definition) is 6. The minimum Gasteiger partial charge on any atom is -0.444 e. The summed E-state index contributed by atoms with van der Waals surface area (Å²) in [6.07, 6.45) is 1.68. The van der Waals surface area contributed by atoms with Crippen molar-refractivity contribution in [3.8, 4) is 0 Å². The molecule has 0 aliphatic carbocycles. The van der Waals surface area contributed by atoms with Gasteiger partial charge in [-0.2, -0.15) is 8.42 Å². The molecule has 0 saturated carbocycles. The Balaban J connectivity index is 1.54. The number of carbonyl (C=O) groups is 1. The highest BCUT2D eigenvalue weighted by atomic mass is 32.2. The third-order valence-corrected chi connectivity index (χ3v) is 7.45. The number of hydrogen-bond donors (Lipinski definition) is 0. The Hall–Kier alpha value is -2.85. The molecule has 1 amide bonds. The van der Waals surface area contributed by atoms with Crippen LogP contribution in [-0.2, 0) is 32.0 Å². The molecular formula is C26H32BN3O5S. The highest BCUT2D eigenvalue weighted by molar-refractivity contribution is 7.86. The lowest BCUT2D eigenvalue weighted by molar-refractivity contribution is 0.0214. The van der Waals surface area contributed by atoms with E-state index in [4.69, 9.17) is 21.8 Å². The largest absolute Gasteiger partial charge is 0.444 e. The summed E-state index contributed by atoms with van der Waals surface area (Å²) < 4.78 is 38.2. The molecule has 2 aromatic carbocycles. The van der Waals surface area contributed by atoms with Gasteiger partial charge in [0, 0.05) is 19.5 Å². The maximum Gasteiger partial charge on any atom is 0.410 e. The SMILES string of the molecule is [B]c1ccc2c(c1)nc(CCOS(=O)(=O)c1ccc(C)cc1)n2CC1CCCN1C(=O)OC(C)(C)C. The van der Waals surface area contributed by atoms with Crippen molar-refractivity contribution >= 4 is 40.6 Å². The predicted octanol–water partition coefficient (Wildman–Crippen LogP) is 3.49. The van der Waals surface area contributed by atoms with Crippen LogP contribution in [0.3, 0.4) is 0 Å². The number of aromatic nitrogens is 2. The molecule has 1 aliphatic heterocycles. The normalized spacial score (nSPS) is 16.6. The zero-order valence-corrected chi connectivity index (χ0v) is 22.0. The van der Waals surface area contributed by atoms with Crippen LogP contribution in [-0.4, -0.2) is 61.6 Å². The molecule has 1 aliphatic rings. The van der Waals surface area contributed by atoms with Crippen LogP contribution < -0.4 is 5.46 Å². The van der Waals surface area contributed by atoms with Crippen LogP contribution in [0.4, 0.5) is 4.79 Å². The van der Waals surface area contributed by atoms with E-state index in [0.717, 1.165) is 23.9 Å². The third-order valence-electron chi connectivity index (χ3n) is 6.12. The summed E-state index contributed by atoms with van der Waals surface area (Å²) in [5, 5.41) is 0. The second-order valence-corrected chi connectivity index (χ2v) is 11.8. The average molecular weight is 509 g/mol. The topological polar surface area (TPSA) is 90.7 Å². The van der Waals surface area contributed by atoms with Crippen molar-refractivity contribution in [1.29, 1.82) is 0 Å². The summed E-state index contributed by atoms with van der Waals surface area (Å²) in [7, 11) is 2.09. The molecule has 1 fully saturated rings. The van der Waals surface area contributed by atoms with Gasteiger partial charge in [0.05, 0.1) is 28.6 Å². The van der Waals surface area contributed by atoms with Crippen LogP contribution in [0.15, 0.2) is 47.4 Å². The van der Waals surface area contributed by atoms with Gasteiger partial charge in [0.25, 0.3) is 10.1 Å². The zero-order chi connectivity index (χ0) is 26.1. The van der Waals surface area contributed by atoms with E-state index < -0.39 is 15.7 Å². The first kappa shape index (κ1) is 26.2. The molecule has 1 saturated heterocycles. The minimum atomic E-state index is -3.88. The number of nitrogens with zero attached hydrogens (tertiary/aromatic N) is 3. The number of fused-ring (bicyclic) bond motifs is 1. The predicted molar refractivity (Wildman–Crippen MR) is 139 cm³/mol. The van der Waals surface area contributed by atoms with Crippen LogP contribution in [0, 0.1) is 6.92 Å². The summed E-state index contributed by atoms with van der Waals surface area (Å²) in [6.45, 7) is 8.54. The van der Waals surface area contributed by atoms with Gasteiger partial charge in [-0.15, -0.1) is 0 Å². The maximum absolute atomic E-state index is 12.8. The molecule has 4 rings (SSSR count). The smallest absolute Gasteiger partial charge is 0.410 e. The van der Waals surface area contributed by atoms with Crippen molar-refractivity contribution in [2.24, 2.45) is 0 Å². The van der Waals surface area contributed by atoms with Crippen LogP contribution in [0.2, 0.25) is 0 Å². The van der Waals surface area contributed by atoms with E-state index in [1.807, 2.05) is 44.4 Å². The number of carbonyl (C=O) groups excluding carboxylic acids is 1. The second kappa shape index (κ2) is 10.3. The fourth-order valence-corrected chi connectivity index (χ4v) is 5.31. The van der Waals surface area contributed by atoms with E-state index in [2.05, 4.69) is 0 Å². The quantitative estimate of drug-likeness (QED) is 0.358. The highest BCUT2D eigenvalue weighted by Gasteiger charge is 2.33. The van der Waals surface area contributed by atoms with Crippen molar-refractivity contribution in [1.82, 2.24) is 14.5 Å². The summed E-state index contributed by atoms with van der Waals surface area (Å²) in [6, 6.07) is 12.0. The van der Waals surface area contributed by atoms with Gasteiger partial charge in [-0.25, -0.2) is 9.78 Å². The first-order chi connectivity index (χ1) is 16.9. The molecule has 8 nitrogen and oxygen atoms in total. The fraction of sp³-hybridized carbons (Fsp3) is 0.462. The van der Waals surface area contributed by atoms with Gasteiger partial charge in [-0.05, 0) is 64.8 Å². The summed E-state index contributed by atoms with van der Waals surface area (Å²) in [5.41, 5.74) is 2.57. The van der Waals surface area contributed by atoms with Crippen LogP contribution in [0.5, 0.6) is 0 Å². The Morgan fingerprint density at radius 3 is 2.58 bits per heavy atom. The fourth-order valence-electron chi connectivity index (χ4n) is 4.40. The van der Waals surface area contributed by atoms with Crippen molar-refractivity contribution in [2.75, 3.05) is 13.2 Å². The highest BCUT2D eigenvalue weighted by Crippen LogP contribution is 2.25. The molecular weight excluding hydrogens is 477 g/mol. The first-order valence-electron chi connectivity index (χ1n) is 12.1. The monoisotopic (exact) mass is 509 g/mol. The van der Waals surface area contributed by atoms with Crippen LogP contribution in [0.1, 0.15) is 45.0 Å². The molecule has 0 N–H and O–H groups in total. The van der Waals surface area contributed by atoms with Gasteiger partial charge in [-0.1, -0.05) is 29.2 Å². The van der Waals surface area contributed by atoms with Gasteiger partial charge in [0.2, 0.25) is 0 Å². The first-order valence-corrected chi connectivity index (χ1v) is 13.5. The van der Waals surface area contributed by atoms with Crippen molar-refractivity contribution in [2.45, 2.75) is 70.0 Å². The molecule has 1 unspecified atom stereocenters. The summed E-state index contributed by atoms with van der Waals surface area (Å²) >= 11 is 0. The molecule has 3 aromatic rings. The van der Waals surface area contributed by atoms with Crippen molar-refractivity contribution in [3.63, 3.8) is 0 Å². The van der Waals surface area contributed by atoms with Crippen LogP contribution in [0.25, 0.3) is 11.0 Å². The number of imidazole rings is 1. The van der Waals surface area contributed by atoms with Crippen molar-refractivity contribution in [3.05, 3.63) is 53.9 Å². The Morgan fingerprint density at radius 1 is 1.17 bits per heavy atom. The lowest BCUT2D eigenvalue weighted by Gasteiger charge is -2.29. The van der Waals surface area contributed by atoms with E-state index in [1.165, 1.54) is 12.1 Å². The molecule has 10 heteroatoms. The van der Waals surface area contributed by atoms with E-state index in [0.29, 0.717) is 29.9 Å². The zero-order valence-electron chi connectivity index (χ0n) is 21.2. The summed E-state index contributed by atoms with van der Waals surface area (Å²) in [5.74, 6) is 0.672. The van der Waals surface area contributed by atoms with E-state index >= 15 is 0 Å². The number of ether oxygens (including phenoxy) is 1. The number of likely N-dealkylation sites (tertiary alicyclic amines) is 1. The number of benzene rings is 2. The van der Waals surface area contributed by atoms with Gasteiger partial charge in [0.15, 0.2) is 0 Å². The molecule has 0 bridgehead atoms. The second-order valence-electron chi connectivity index (χ2n) is 10.2. The van der Waals surface area contributed by atoms with E-state index in [1.54, 1.807) is 23.1 Å². The molecule has 0 spiro atoms. The molecule has 36 heavy (non-hydrogen) atoms. The van der Waals surface area contributed by atoms with Crippen LogP contribution >= 0.6 is 0 Å². The lowest BCUT2D eigenvalue weighted by atomic mass is 9.96. The molecule has 2 heterocycles. The van der Waals surface area contributed by atoms with Gasteiger partial charge < -0.3 is 14.2 Å². The standard InChI is InChI=1S/C26H32BN3O5S/c1-18-7-10-21(11-8-18)36(32,33)34-15-13-24-28-22-16-19(27)9-12-23(22)30(24)17-20-6-5-14-29(20)25(31)35-26(2,3)4/h7-12,16,20H,5-6,13-15,17H2,1-4H3. The molecule has 2 radical (unpaired) electrons. The lowest BCUT2D eigenvalue weighted by Crippen LogP contribution is -2.41. The van der Waals surface area contributed by atoms with Crippen molar-refractivity contribution < 1.29 is 22.1 Å². The number of rotatable bonds is 7. The third kappa shape index (κ3) is 6.10. The number of aryl methyl sites for hydroxylation is 1. The van der Waals surface area contributed by atoms with Gasteiger partial charge in [0.1, 0.15) is 19.3 Å². The van der Waals surface area contributed by atoms with E-state index in [9.17, 15) is 13.2 Å². The Morgan fingerprint density at radius 2 is 1.89 bits per heavy atom. The molecule has 1 atom stereocenters. The summed E-state index contributed by atoms with van der Waals surface area (Å²) in [4.78, 5) is 19.4.